The van der Waals surface area contributed by atoms with Crippen molar-refractivity contribution in [2.75, 3.05) is 49.1 Å². The summed E-state index contributed by atoms with van der Waals surface area (Å²) in [5.41, 5.74) is 2.73. The number of nitrogens with one attached hydrogen (secondary N) is 2. The largest absolute Gasteiger partial charge is 0.504 e. The number of phenols is 1. The molecule has 0 amide bonds. The number of aromatic hydroxyl groups is 1. The molecule has 2 heterocycles. The molecule has 2 aromatic carbocycles. The minimum absolute atomic E-state index is 0.00413. The van der Waals surface area contributed by atoms with Gasteiger partial charge in [0, 0.05) is 18.8 Å². The Bertz CT molecular complexity index is 1200. The molecule has 0 atom stereocenters. The fourth-order valence-corrected chi connectivity index (χ4v) is 3.22. The van der Waals surface area contributed by atoms with Gasteiger partial charge in [-0.15, -0.1) is 0 Å². The molecule has 3 aromatic rings. The maximum atomic E-state index is 13.1. The van der Waals surface area contributed by atoms with Crippen LogP contribution in [0.5, 0.6) is 11.5 Å². The van der Waals surface area contributed by atoms with Gasteiger partial charge in [0.05, 0.1) is 32.1 Å². The van der Waals surface area contributed by atoms with Gasteiger partial charge in [-0.2, -0.15) is 33.2 Å². The van der Waals surface area contributed by atoms with E-state index in [1.807, 2.05) is 4.90 Å². The fraction of sp³-hybridized carbons (Fsp3) is 0.273. The van der Waals surface area contributed by atoms with Crippen LogP contribution in [0.15, 0.2) is 47.6 Å². The summed E-state index contributed by atoms with van der Waals surface area (Å²) < 4.78 is 49.7. The Kier molecular flexibility index (Phi) is 7.15. The number of phenolic OH excluding ortho intramolecular Hbond substituents is 1. The van der Waals surface area contributed by atoms with Gasteiger partial charge in [0.2, 0.25) is 17.8 Å². The Balaban J connectivity index is 1.58. The molecule has 184 valence electrons. The number of ether oxygens (including phenoxy) is 2. The fourth-order valence-electron chi connectivity index (χ4n) is 3.22. The number of nitrogens with zero attached hydrogens (tertiary/aromatic N) is 5. The number of aromatic nitrogens is 3. The van der Waals surface area contributed by atoms with E-state index in [0.717, 1.165) is 12.1 Å². The van der Waals surface area contributed by atoms with Crippen LogP contribution < -0.4 is 20.4 Å². The number of hydrazone groups is 1. The van der Waals surface area contributed by atoms with E-state index in [9.17, 15) is 18.3 Å². The van der Waals surface area contributed by atoms with E-state index in [1.54, 1.807) is 12.1 Å². The normalized spacial score (nSPS) is 14.2. The number of hydrogen-bond donors (Lipinski definition) is 3. The van der Waals surface area contributed by atoms with Crippen LogP contribution in [0.3, 0.4) is 0 Å². The first kappa shape index (κ1) is 24.0. The minimum atomic E-state index is -4.48. The molecule has 1 fully saturated rings. The second kappa shape index (κ2) is 10.4. The molecule has 35 heavy (non-hydrogen) atoms. The van der Waals surface area contributed by atoms with E-state index in [2.05, 4.69) is 30.8 Å². The summed E-state index contributed by atoms with van der Waals surface area (Å²) in [6.07, 6.45) is -3.01. The number of benzene rings is 2. The molecular formula is C22H22F3N7O3. The zero-order valence-electron chi connectivity index (χ0n) is 18.6. The summed E-state index contributed by atoms with van der Waals surface area (Å²) in [5, 5.41) is 16.6. The smallest absolute Gasteiger partial charge is 0.416 e. The first-order chi connectivity index (χ1) is 16.8. The molecular weight excluding hydrogens is 467 g/mol. The summed E-state index contributed by atoms with van der Waals surface area (Å²) in [6, 6.07) is 9.43. The molecule has 10 nitrogen and oxygen atoms in total. The number of halogens is 3. The van der Waals surface area contributed by atoms with E-state index in [0.29, 0.717) is 37.8 Å². The molecule has 0 radical (unpaired) electrons. The highest BCUT2D eigenvalue weighted by Gasteiger charge is 2.30. The predicted molar refractivity (Wildman–Crippen MR) is 123 cm³/mol. The van der Waals surface area contributed by atoms with Crippen molar-refractivity contribution in [2.45, 2.75) is 6.18 Å². The van der Waals surface area contributed by atoms with Crippen LogP contribution in [-0.2, 0) is 10.9 Å². The maximum Gasteiger partial charge on any atom is 0.416 e. The van der Waals surface area contributed by atoms with Gasteiger partial charge in [-0.1, -0.05) is 6.07 Å². The van der Waals surface area contributed by atoms with Crippen LogP contribution in [0.1, 0.15) is 11.1 Å². The molecule has 0 aliphatic carbocycles. The highest BCUT2D eigenvalue weighted by Crippen LogP contribution is 2.31. The lowest BCUT2D eigenvalue weighted by Crippen LogP contribution is -2.37. The average Bonchev–Trinajstić information content (AvgIpc) is 2.85. The highest BCUT2D eigenvalue weighted by molar-refractivity contribution is 5.81. The van der Waals surface area contributed by atoms with Crippen molar-refractivity contribution in [1.82, 2.24) is 15.0 Å². The molecule has 4 rings (SSSR count). The monoisotopic (exact) mass is 489 g/mol. The topological polar surface area (TPSA) is 117 Å². The molecule has 1 aliphatic rings. The van der Waals surface area contributed by atoms with Crippen molar-refractivity contribution in [3.05, 3.63) is 53.6 Å². The average molecular weight is 489 g/mol. The molecule has 1 aromatic heterocycles. The quantitative estimate of drug-likeness (QED) is 0.338. The van der Waals surface area contributed by atoms with E-state index in [1.165, 1.54) is 31.5 Å². The van der Waals surface area contributed by atoms with E-state index >= 15 is 0 Å². The number of rotatable bonds is 7. The van der Waals surface area contributed by atoms with Crippen LogP contribution >= 0.6 is 0 Å². The summed E-state index contributed by atoms with van der Waals surface area (Å²) in [5.74, 6) is 0.733. The zero-order valence-corrected chi connectivity index (χ0v) is 18.6. The lowest BCUT2D eigenvalue weighted by atomic mass is 10.2. The standard InChI is InChI=1S/C22H22F3N7O3/c1-34-18-11-14(5-6-17(18)33)13-26-31-20-28-19(29-21(30-20)32-7-9-35-10-8-32)27-16-4-2-3-15(12-16)22(23,24)25/h2-6,11-13,33H,7-10H2,1H3,(H2,27,28,29,30,31)/b26-13-. The van der Waals surface area contributed by atoms with Gasteiger partial charge in [-0.25, -0.2) is 5.43 Å². The van der Waals surface area contributed by atoms with Gasteiger partial charge in [-0.3, -0.25) is 0 Å². The third kappa shape index (κ3) is 6.26. The Morgan fingerprint density at radius 2 is 1.86 bits per heavy atom. The van der Waals surface area contributed by atoms with Crippen molar-refractivity contribution < 1.29 is 27.8 Å². The minimum Gasteiger partial charge on any atom is -0.504 e. The summed E-state index contributed by atoms with van der Waals surface area (Å²) in [7, 11) is 1.44. The first-order valence-electron chi connectivity index (χ1n) is 10.5. The van der Waals surface area contributed by atoms with E-state index in [4.69, 9.17) is 9.47 Å². The second-order valence-corrected chi connectivity index (χ2v) is 7.39. The van der Waals surface area contributed by atoms with Crippen molar-refractivity contribution in [3.63, 3.8) is 0 Å². The number of alkyl halides is 3. The summed E-state index contributed by atoms with van der Waals surface area (Å²) in [6.45, 7) is 2.07. The predicted octanol–water partition coefficient (Wildman–Crippen LogP) is 3.63. The van der Waals surface area contributed by atoms with Gasteiger partial charge in [0.15, 0.2) is 11.5 Å². The SMILES string of the molecule is COc1cc(/C=N\Nc2nc(Nc3cccc(C(F)(F)F)c3)nc(N3CCOCC3)n2)ccc1O. The van der Waals surface area contributed by atoms with Crippen LogP contribution in [0.4, 0.5) is 36.7 Å². The van der Waals surface area contributed by atoms with Crippen molar-refractivity contribution >= 4 is 29.7 Å². The lowest BCUT2D eigenvalue weighted by Gasteiger charge is -2.27. The van der Waals surface area contributed by atoms with Gasteiger partial charge < -0.3 is 24.8 Å². The van der Waals surface area contributed by atoms with Crippen molar-refractivity contribution in [3.8, 4) is 11.5 Å². The number of morpholine rings is 1. The van der Waals surface area contributed by atoms with E-state index in [-0.39, 0.29) is 29.1 Å². The molecule has 1 aliphatic heterocycles. The van der Waals surface area contributed by atoms with Crippen LogP contribution in [0.25, 0.3) is 0 Å². The Hall–Kier alpha value is -4.13. The van der Waals surface area contributed by atoms with Crippen molar-refractivity contribution in [2.24, 2.45) is 5.10 Å². The van der Waals surface area contributed by atoms with Crippen LogP contribution in [0, 0.1) is 0 Å². The molecule has 0 bridgehead atoms. The number of anilines is 4. The van der Waals surface area contributed by atoms with Crippen LogP contribution in [0.2, 0.25) is 0 Å². The number of methoxy groups -OCH3 is 1. The van der Waals surface area contributed by atoms with Gasteiger partial charge in [-0.05, 0) is 42.0 Å². The molecule has 13 heteroatoms. The Labute approximate surface area is 198 Å². The molecule has 3 N–H and O–H groups in total. The lowest BCUT2D eigenvalue weighted by molar-refractivity contribution is -0.137. The molecule has 0 unspecified atom stereocenters. The molecule has 0 saturated carbocycles. The van der Waals surface area contributed by atoms with Gasteiger partial charge in [0.1, 0.15) is 0 Å². The van der Waals surface area contributed by atoms with Gasteiger partial charge >= 0.3 is 6.18 Å². The van der Waals surface area contributed by atoms with Crippen LogP contribution in [-0.4, -0.2) is 59.7 Å². The van der Waals surface area contributed by atoms with Gasteiger partial charge in [0.25, 0.3) is 0 Å². The summed E-state index contributed by atoms with van der Waals surface area (Å²) in [4.78, 5) is 14.8. The third-order valence-electron chi connectivity index (χ3n) is 4.95. The Morgan fingerprint density at radius 3 is 2.60 bits per heavy atom. The van der Waals surface area contributed by atoms with E-state index < -0.39 is 11.7 Å². The highest BCUT2D eigenvalue weighted by atomic mass is 19.4. The third-order valence-corrected chi connectivity index (χ3v) is 4.95. The second-order valence-electron chi connectivity index (χ2n) is 7.39. The summed E-state index contributed by atoms with van der Waals surface area (Å²) >= 11 is 0. The first-order valence-corrected chi connectivity index (χ1v) is 10.5. The molecule has 1 saturated heterocycles. The Morgan fingerprint density at radius 1 is 1.09 bits per heavy atom. The van der Waals surface area contributed by atoms with Crippen molar-refractivity contribution in [1.29, 1.82) is 0 Å². The maximum absolute atomic E-state index is 13.1. The number of hydrogen-bond acceptors (Lipinski definition) is 10. The zero-order chi connectivity index (χ0) is 24.8. The molecule has 0 spiro atoms.